The van der Waals surface area contributed by atoms with E-state index in [2.05, 4.69) is 8.37 Å². The van der Waals surface area contributed by atoms with E-state index in [9.17, 15) is 43.2 Å². The van der Waals surface area contributed by atoms with Crippen molar-refractivity contribution in [2.75, 3.05) is 23.9 Å². The topological polar surface area (TPSA) is 93.2 Å². The molecule has 0 N–H and O–H groups in total. The summed E-state index contributed by atoms with van der Waals surface area (Å²) in [5.74, 6) is -1.25. The number of rotatable bonds is 4. The van der Waals surface area contributed by atoms with Gasteiger partial charge in [0.15, 0.2) is 0 Å². The first-order valence-electron chi connectivity index (χ1n) is 8.22. The van der Waals surface area contributed by atoms with Crippen LogP contribution in [0.25, 0.3) is 0 Å². The highest BCUT2D eigenvalue weighted by Gasteiger charge is 2.49. The lowest BCUT2D eigenvalue weighted by molar-refractivity contribution is -0.0504. The molecule has 0 radical (unpaired) electrons. The van der Waals surface area contributed by atoms with Gasteiger partial charge in [-0.2, -0.15) is 43.2 Å². The van der Waals surface area contributed by atoms with Gasteiger partial charge in [0.05, 0.1) is 22.7 Å². The van der Waals surface area contributed by atoms with E-state index >= 15 is 0 Å². The van der Waals surface area contributed by atoms with Crippen molar-refractivity contribution >= 4 is 43.0 Å². The van der Waals surface area contributed by atoms with E-state index < -0.39 is 42.8 Å². The lowest BCUT2D eigenvalue weighted by atomic mass is 10.1. The summed E-state index contributed by atoms with van der Waals surface area (Å²) in [5.41, 5.74) is -10.3. The summed E-state index contributed by atoms with van der Waals surface area (Å²) in [6.07, 6.45) is 0. The van der Waals surface area contributed by atoms with Gasteiger partial charge in [-0.15, -0.1) is 0 Å². The Bertz CT molecular complexity index is 1180. The van der Waals surface area contributed by atoms with Crippen LogP contribution in [0.3, 0.4) is 0 Å². The molecule has 3 rings (SSSR count). The zero-order valence-corrected chi connectivity index (χ0v) is 17.5. The van der Waals surface area contributed by atoms with Crippen molar-refractivity contribution in [1.29, 1.82) is 0 Å². The molecular weight excluding hydrogens is 494 g/mol. The summed E-state index contributed by atoms with van der Waals surface area (Å²) in [4.78, 5) is 2.78. The summed E-state index contributed by atoms with van der Waals surface area (Å²) in [7, 11) is -8.91. The number of anilines is 4. The average molecular weight is 506 g/mol. The van der Waals surface area contributed by atoms with E-state index in [0.29, 0.717) is 11.4 Å². The van der Waals surface area contributed by atoms with Crippen LogP contribution in [0.5, 0.6) is 11.5 Å². The van der Waals surface area contributed by atoms with E-state index in [0.717, 1.165) is 24.3 Å². The molecular formula is C16H12F6N2O6S2. The third kappa shape index (κ3) is 4.11. The third-order valence-corrected chi connectivity index (χ3v) is 6.28. The molecule has 0 amide bonds. The Hall–Kier alpha value is -2.88. The molecule has 0 unspecified atom stereocenters. The van der Waals surface area contributed by atoms with Crippen molar-refractivity contribution in [3.05, 3.63) is 36.4 Å². The van der Waals surface area contributed by atoms with Crippen molar-refractivity contribution in [1.82, 2.24) is 0 Å². The predicted molar refractivity (Wildman–Crippen MR) is 100 cm³/mol. The van der Waals surface area contributed by atoms with E-state index in [-0.39, 0.29) is 11.4 Å². The molecule has 2 aromatic carbocycles. The predicted octanol–water partition coefficient (Wildman–Crippen LogP) is 3.99. The molecule has 0 aromatic heterocycles. The second-order valence-electron chi connectivity index (χ2n) is 6.39. The maximum absolute atomic E-state index is 12.6. The van der Waals surface area contributed by atoms with Crippen molar-refractivity contribution in [3.8, 4) is 11.5 Å². The average Bonchev–Trinajstić information content (AvgIpc) is 2.63. The number of alkyl halides is 6. The Morgan fingerprint density at radius 2 is 0.938 bits per heavy atom. The van der Waals surface area contributed by atoms with Crippen LogP contribution in [0, 0.1) is 0 Å². The van der Waals surface area contributed by atoms with Crippen LogP contribution in [0.1, 0.15) is 0 Å². The lowest BCUT2D eigenvalue weighted by Crippen LogP contribution is -2.29. The molecule has 176 valence electrons. The maximum atomic E-state index is 12.6. The molecule has 0 atom stereocenters. The summed E-state index contributed by atoms with van der Waals surface area (Å²) >= 11 is 0. The Kier molecular flexibility index (Phi) is 5.45. The van der Waals surface area contributed by atoms with Crippen LogP contribution in [0.15, 0.2) is 36.4 Å². The fraction of sp³-hybridized carbons (Fsp3) is 0.250. The van der Waals surface area contributed by atoms with Gasteiger partial charge in [0.1, 0.15) is 11.5 Å². The molecule has 0 saturated heterocycles. The summed E-state index contributed by atoms with van der Waals surface area (Å²) in [6.45, 7) is 0. The minimum atomic E-state index is -5.90. The molecule has 0 spiro atoms. The van der Waals surface area contributed by atoms with Gasteiger partial charge < -0.3 is 18.2 Å². The Morgan fingerprint density at radius 1 is 0.625 bits per heavy atom. The van der Waals surface area contributed by atoms with Gasteiger partial charge in [-0.3, -0.25) is 0 Å². The van der Waals surface area contributed by atoms with Crippen LogP contribution in [0.2, 0.25) is 0 Å². The van der Waals surface area contributed by atoms with Crippen molar-refractivity contribution in [3.63, 3.8) is 0 Å². The van der Waals surface area contributed by atoms with Gasteiger partial charge in [-0.1, -0.05) is 0 Å². The normalized spacial score (nSPS) is 14.6. The minimum absolute atomic E-state index is 0.200. The summed E-state index contributed by atoms with van der Waals surface area (Å²) in [6, 6.07) is 6.39. The van der Waals surface area contributed by atoms with Gasteiger partial charge in [-0.05, 0) is 24.3 Å². The molecule has 1 aliphatic rings. The maximum Gasteiger partial charge on any atom is 0.534 e. The Balaban J connectivity index is 1.98. The van der Waals surface area contributed by atoms with Crippen molar-refractivity contribution in [2.45, 2.75) is 11.0 Å². The van der Waals surface area contributed by atoms with Crippen LogP contribution in [0.4, 0.5) is 49.1 Å². The molecule has 0 bridgehead atoms. The van der Waals surface area contributed by atoms with E-state index in [1.54, 1.807) is 0 Å². The van der Waals surface area contributed by atoms with Gasteiger partial charge >= 0.3 is 31.3 Å². The highest BCUT2D eigenvalue weighted by molar-refractivity contribution is 7.88. The molecule has 2 aromatic rings. The van der Waals surface area contributed by atoms with Crippen LogP contribution >= 0.6 is 0 Å². The summed E-state index contributed by atoms with van der Waals surface area (Å²) < 4.78 is 129. The molecule has 0 aliphatic carbocycles. The smallest absolute Gasteiger partial charge is 0.376 e. The third-order valence-electron chi connectivity index (χ3n) is 4.32. The zero-order valence-electron chi connectivity index (χ0n) is 15.9. The van der Waals surface area contributed by atoms with Crippen molar-refractivity contribution in [2.24, 2.45) is 0 Å². The molecule has 0 saturated carbocycles. The molecule has 32 heavy (non-hydrogen) atoms. The Morgan fingerprint density at radius 3 is 1.22 bits per heavy atom. The lowest BCUT2D eigenvalue weighted by Gasteiger charge is -2.36. The Labute approximate surface area is 177 Å². The first-order valence-corrected chi connectivity index (χ1v) is 11.0. The molecule has 8 nitrogen and oxygen atoms in total. The quantitative estimate of drug-likeness (QED) is 0.349. The van der Waals surface area contributed by atoms with Crippen LogP contribution in [-0.4, -0.2) is 41.9 Å². The number of benzene rings is 2. The monoisotopic (exact) mass is 506 g/mol. The number of hydrogen-bond donors (Lipinski definition) is 0. The van der Waals surface area contributed by atoms with Crippen LogP contribution < -0.4 is 18.2 Å². The minimum Gasteiger partial charge on any atom is -0.376 e. The van der Waals surface area contributed by atoms with E-state index in [4.69, 9.17) is 0 Å². The number of nitrogens with zero attached hydrogens (tertiary/aromatic N) is 2. The van der Waals surface area contributed by atoms with Gasteiger partial charge in [0.25, 0.3) is 0 Å². The van der Waals surface area contributed by atoms with Gasteiger partial charge in [-0.25, -0.2) is 0 Å². The largest absolute Gasteiger partial charge is 0.534 e. The van der Waals surface area contributed by atoms with Crippen LogP contribution in [-0.2, 0) is 20.2 Å². The zero-order chi connectivity index (χ0) is 24.3. The van der Waals surface area contributed by atoms with Crippen molar-refractivity contribution < 1.29 is 51.5 Å². The number of halogens is 6. The summed E-state index contributed by atoms with van der Waals surface area (Å²) in [5, 5.41) is 0. The standard InChI is InChI=1S/C16H12F6N2O6S2/c1-23-11-5-3-10(30-32(27,28)16(20,21)22)8-14(11)24(2)12-6-4-9(7-13(12)23)29-31(25,26)15(17,18)19/h3-8H,1-2H3. The second kappa shape index (κ2) is 7.33. The van der Waals surface area contributed by atoms with E-state index in [1.807, 2.05) is 0 Å². The SMILES string of the molecule is CN1c2ccc(OS(=O)(=O)C(F)(F)F)cc2N(C)c2ccc(OS(=O)(=O)C(F)(F)F)cc21. The molecule has 1 aliphatic heterocycles. The fourth-order valence-electron chi connectivity index (χ4n) is 2.82. The molecule has 0 fully saturated rings. The number of hydrogen-bond acceptors (Lipinski definition) is 8. The second-order valence-corrected chi connectivity index (χ2v) is 9.46. The van der Waals surface area contributed by atoms with Gasteiger partial charge in [0.2, 0.25) is 0 Å². The first-order chi connectivity index (χ1) is 14.4. The number of fused-ring (bicyclic) bond motifs is 2. The highest BCUT2D eigenvalue weighted by Crippen LogP contribution is 2.49. The first kappa shape index (κ1) is 23.8. The van der Waals surface area contributed by atoms with Gasteiger partial charge in [0, 0.05) is 26.2 Å². The van der Waals surface area contributed by atoms with E-state index in [1.165, 1.54) is 36.0 Å². The molecule has 1 heterocycles. The molecule has 16 heteroatoms. The fourth-order valence-corrected chi connectivity index (χ4v) is 3.73. The highest BCUT2D eigenvalue weighted by atomic mass is 32.2.